The minimum absolute atomic E-state index is 0.0671. The second kappa shape index (κ2) is 6.28. The van der Waals surface area contributed by atoms with Crippen LogP contribution in [0.25, 0.3) is 0 Å². The number of hydrogen-bond donors (Lipinski definition) is 2. The van der Waals surface area contributed by atoms with Crippen LogP contribution in [0.1, 0.15) is 19.3 Å². The van der Waals surface area contributed by atoms with Crippen molar-refractivity contribution in [3.63, 3.8) is 0 Å². The molecule has 6 nitrogen and oxygen atoms in total. The highest BCUT2D eigenvalue weighted by Crippen LogP contribution is 2.59. The van der Waals surface area contributed by atoms with Crippen LogP contribution in [0, 0.1) is 11.3 Å². The highest BCUT2D eigenvalue weighted by atomic mass is 16.5. The van der Waals surface area contributed by atoms with Crippen LogP contribution in [-0.4, -0.2) is 40.3 Å². The average Bonchev–Trinajstić information content (AvgIpc) is 3.28. The molecule has 2 aliphatic rings. The highest BCUT2D eigenvalue weighted by molar-refractivity contribution is 5.96. The van der Waals surface area contributed by atoms with Gasteiger partial charge in [0.15, 0.2) is 11.5 Å². The number of carbonyl (C=O) groups excluding carboxylic acids is 1. The van der Waals surface area contributed by atoms with Crippen LogP contribution in [0.4, 0.5) is 5.69 Å². The fourth-order valence-corrected chi connectivity index (χ4v) is 3.54. The molecule has 1 amide bonds. The van der Waals surface area contributed by atoms with E-state index in [1.54, 1.807) is 33.5 Å². The number of ether oxygens (including phenoxy) is 3. The molecule has 3 rings (SSSR count). The molecule has 1 saturated carbocycles. The Morgan fingerprint density at radius 1 is 1.09 bits per heavy atom. The van der Waals surface area contributed by atoms with Crippen molar-refractivity contribution in [2.45, 2.75) is 19.3 Å². The third-order valence-electron chi connectivity index (χ3n) is 5.07. The van der Waals surface area contributed by atoms with E-state index in [1.165, 1.54) is 0 Å². The fraction of sp³-hybridized carbons (Fsp3) is 0.588. The normalized spacial score (nSPS) is 21.6. The van der Waals surface area contributed by atoms with E-state index < -0.39 is 0 Å². The predicted octanol–water partition coefficient (Wildman–Crippen LogP) is 2.04. The lowest BCUT2D eigenvalue weighted by atomic mass is 9.92. The molecule has 23 heavy (non-hydrogen) atoms. The summed E-state index contributed by atoms with van der Waals surface area (Å²) in [4.78, 5) is 12.6. The summed E-state index contributed by atoms with van der Waals surface area (Å²) in [7, 11) is 4.71. The van der Waals surface area contributed by atoms with Gasteiger partial charge in [0.25, 0.3) is 0 Å². The Hall–Kier alpha value is -1.95. The number of benzene rings is 1. The lowest BCUT2D eigenvalue weighted by molar-refractivity contribution is -0.118. The number of nitrogens with one attached hydrogen (secondary N) is 2. The van der Waals surface area contributed by atoms with Crippen LogP contribution in [0.3, 0.4) is 0 Å². The van der Waals surface area contributed by atoms with Gasteiger partial charge in [0.05, 0.1) is 27.0 Å². The maximum Gasteiger partial charge on any atom is 0.228 e. The highest BCUT2D eigenvalue weighted by Gasteiger charge is 2.57. The van der Waals surface area contributed by atoms with Crippen molar-refractivity contribution in [1.29, 1.82) is 0 Å². The van der Waals surface area contributed by atoms with Gasteiger partial charge in [-0.3, -0.25) is 4.79 Å². The summed E-state index contributed by atoms with van der Waals surface area (Å²) in [6.07, 6.45) is 3.14. The van der Waals surface area contributed by atoms with Gasteiger partial charge in [-0.1, -0.05) is 0 Å². The maximum absolute atomic E-state index is 12.6. The van der Waals surface area contributed by atoms with E-state index in [2.05, 4.69) is 10.6 Å². The number of carbonyl (C=O) groups is 1. The molecule has 1 heterocycles. The van der Waals surface area contributed by atoms with Crippen LogP contribution >= 0.6 is 0 Å². The molecule has 1 aliphatic heterocycles. The summed E-state index contributed by atoms with van der Waals surface area (Å²) in [5, 5.41) is 6.35. The molecular weight excluding hydrogens is 296 g/mol. The Kier molecular flexibility index (Phi) is 4.35. The van der Waals surface area contributed by atoms with E-state index in [4.69, 9.17) is 14.2 Å². The molecule has 1 atom stereocenters. The van der Waals surface area contributed by atoms with Crippen molar-refractivity contribution in [3.05, 3.63) is 12.1 Å². The molecule has 1 saturated heterocycles. The Morgan fingerprint density at radius 2 is 1.70 bits per heavy atom. The first-order valence-corrected chi connectivity index (χ1v) is 7.95. The first kappa shape index (κ1) is 15.9. The average molecular weight is 320 g/mol. The zero-order valence-corrected chi connectivity index (χ0v) is 13.9. The Bertz CT molecular complexity index is 597. The number of anilines is 1. The van der Waals surface area contributed by atoms with Crippen molar-refractivity contribution >= 4 is 11.6 Å². The number of rotatable bonds is 5. The van der Waals surface area contributed by atoms with Gasteiger partial charge < -0.3 is 24.8 Å². The monoisotopic (exact) mass is 320 g/mol. The molecule has 2 fully saturated rings. The van der Waals surface area contributed by atoms with E-state index in [0.29, 0.717) is 22.9 Å². The Balaban J connectivity index is 1.76. The maximum atomic E-state index is 12.6. The molecule has 6 heteroatoms. The molecule has 0 radical (unpaired) electrons. The van der Waals surface area contributed by atoms with Crippen LogP contribution in [0.15, 0.2) is 12.1 Å². The molecule has 126 valence electrons. The zero-order chi connectivity index (χ0) is 16.4. The summed E-state index contributed by atoms with van der Waals surface area (Å²) in [6.45, 7) is 2.01. The third-order valence-corrected chi connectivity index (χ3v) is 5.07. The zero-order valence-electron chi connectivity index (χ0n) is 13.9. The van der Waals surface area contributed by atoms with E-state index in [0.717, 1.165) is 32.4 Å². The Labute approximate surface area is 136 Å². The van der Waals surface area contributed by atoms with E-state index in [9.17, 15) is 4.79 Å². The van der Waals surface area contributed by atoms with Gasteiger partial charge in [-0.05, 0) is 37.8 Å². The van der Waals surface area contributed by atoms with Crippen LogP contribution in [0.2, 0.25) is 0 Å². The van der Waals surface area contributed by atoms with Gasteiger partial charge in [-0.2, -0.15) is 0 Å². The smallest absolute Gasteiger partial charge is 0.228 e. The number of piperidine rings is 1. The lowest BCUT2D eigenvalue weighted by Crippen LogP contribution is -2.31. The standard InChI is InChI=1S/C17H24N2O4/c1-21-13-9-15(23-3)14(22-2)8-12(13)19-16(20)11-10-17(11)4-6-18-7-5-17/h8-9,11,18H,4-7,10H2,1-3H3,(H,19,20). The summed E-state index contributed by atoms with van der Waals surface area (Å²) in [5.74, 6) is 1.87. The summed E-state index contributed by atoms with van der Waals surface area (Å²) >= 11 is 0. The van der Waals surface area contributed by atoms with Crippen LogP contribution in [0.5, 0.6) is 17.2 Å². The predicted molar refractivity (Wildman–Crippen MR) is 87.4 cm³/mol. The fourth-order valence-electron chi connectivity index (χ4n) is 3.54. The minimum atomic E-state index is 0.0671. The van der Waals surface area contributed by atoms with Crippen molar-refractivity contribution in [3.8, 4) is 17.2 Å². The SMILES string of the molecule is COc1cc(OC)c(OC)cc1NC(=O)C1CC12CCNCC2. The van der Waals surface area contributed by atoms with E-state index >= 15 is 0 Å². The van der Waals surface area contributed by atoms with Crippen molar-refractivity contribution in [2.24, 2.45) is 11.3 Å². The van der Waals surface area contributed by atoms with Gasteiger partial charge in [0, 0.05) is 18.1 Å². The molecule has 1 unspecified atom stereocenters. The van der Waals surface area contributed by atoms with Crippen molar-refractivity contribution in [2.75, 3.05) is 39.7 Å². The van der Waals surface area contributed by atoms with Crippen LogP contribution < -0.4 is 24.8 Å². The van der Waals surface area contributed by atoms with Crippen LogP contribution in [-0.2, 0) is 4.79 Å². The second-order valence-electron chi connectivity index (χ2n) is 6.27. The largest absolute Gasteiger partial charge is 0.494 e. The summed E-state index contributed by atoms with van der Waals surface area (Å²) < 4.78 is 15.9. The second-order valence-corrected chi connectivity index (χ2v) is 6.27. The van der Waals surface area contributed by atoms with Gasteiger partial charge in [-0.15, -0.1) is 0 Å². The van der Waals surface area contributed by atoms with E-state index in [-0.39, 0.29) is 17.2 Å². The topological polar surface area (TPSA) is 68.8 Å². The quantitative estimate of drug-likeness (QED) is 0.869. The first-order valence-electron chi connectivity index (χ1n) is 7.95. The van der Waals surface area contributed by atoms with Gasteiger partial charge >= 0.3 is 0 Å². The van der Waals surface area contributed by atoms with Crippen molar-refractivity contribution in [1.82, 2.24) is 5.32 Å². The molecule has 0 aromatic heterocycles. The molecule has 1 spiro atoms. The first-order chi connectivity index (χ1) is 11.1. The third kappa shape index (κ3) is 2.95. The minimum Gasteiger partial charge on any atom is -0.494 e. The number of methoxy groups -OCH3 is 3. The number of amides is 1. The van der Waals surface area contributed by atoms with Gasteiger partial charge in [0.1, 0.15) is 5.75 Å². The van der Waals surface area contributed by atoms with E-state index in [1.807, 2.05) is 0 Å². The molecule has 1 aromatic carbocycles. The summed E-state index contributed by atoms with van der Waals surface area (Å²) in [6, 6.07) is 3.47. The molecule has 0 bridgehead atoms. The number of hydrogen-bond acceptors (Lipinski definition) is 5. The molecule has 1 aromatic rings. The van der Waals surface area contributed by atoms with Gasteiger partial charge in [-0.25, -0.2) is 0 Å². The van der Waals surface area contributed by atoms with Crippen molar-refractivity contribution < 1.29 is 19.0 Å². The summed E-state index contributed by atoms with van der Waals surface area (Å²) in [5.41, 5.74) is 0.824. The lowest BCUT2D eigenvalue weighted by Gasteiger charge is -2.23. The Morgan fingerprint density at radius 3 is 2.30 bits per heavy atom. The van der Waals surface area contributed by atoms with Gasteiger partial charge in [0.2, 0.25) is 5.91 Å². The molecule has 2 N–H and O–H groups in total. The molecular formula is C17H24N2O4. The molecule has 1 aliphatic carbocycles.